The molecule has 2 aromatic heterocycles. The number of amides is 2. The molecular weight excluding hydrogens is 376 g/mol. The first kappa shape index (κ1) is 19.1. The van der Waals surface area contributed by atoms with Gasteiger partial charge in [-0.15, -0.1) is 11.3 Å². The molecule has 4 heterocycles. The second kappa shape index (κ2) is 6.69. The lowest BCUT2D eigenvalue weighted by Gasteiger charge is -2.56. The maximum Gasteiger partial charge on any atom is 0.264 e. The molecule has 2 amide bonds. The number of carbonyl (C=O) groups is 2. The number of thiophene rings is 1. The lowest BCUT2D eigenvalue weighted by molar-refractivity contribution is -0.143. The van der Waals surface area contributed by atoms with Crippen LogP contribution in [-0.4, -0.2) is 55.8 Å². The van der Waals surface area contributed by atoms with Crippen LogP contribution in [-0.2, 0) is 11.8 Å². The van der Waals surface area contributed by atoms with Crippen LogP contribution in [0.2, 0.25) is 0 Å². The Labute approximate surface area is 168 Å². The van der Waals surface area contributed by atoms with Crippen LogP contribution < -0.4 is 5.56 Å². The predicted molar refractivity (Wildman–Crippen MR) is 109 cm³/mol. The number of hydrogen-bond donors (Lipinski definition) is 0. The Hall–Kier alpha value is -2.22. The fraction of sp³-hybridized carbons (Fsp3) is 0.600. The first-order chi connectivity index (χ1) is 13.3. The van der Waals surface area contributed by atoms with Gasteiger partial charge in [0.05, 0.1) is 28.2 Å². The van der Waals surface area contributed by atoms with Gasteiger partial charge < -0.3 is 14.4 Å². The third kappa shape index (κ3) is 2.69. The summed E-state index contributed by atoms with van der Waals surface area (Å²) >= 11 is 1.30. The molecule has 0 radical (unpaired) electrons. The highest BCUT2D eigenvalue weighted by atomic mass is 32.1. The van der Waals surface area contributed by atoms with Gasteiger partial charge in [0, 0.05) is 27.1 Å². The van der Waals surface area contributed by atoms with Crippen molar-refractivity contribution >= 4 is 33.4 Å². The SMILES string of the molecule is CC(=O)N1CCC[C@@H]2N(C(=O)c3sc4ncn(C)c(=O)c4c3C)CCC[C@@]21C. The average molecular weight is 403 g/mol. The van der Waals surface area contributed by atoms with Gasteiger partial charge in [0.25, 0.3) is 11.5 Å². The number of piperidine rings is 2. The quantitative estimate of drug-likeness (QED) is 0.734. The van der Waals surface area contributed by atoms with E-state index in [4.69, 9.17) is 0 Å². The smallest absolute Gasteiger partial charge is 0.264 e. The molecule has 2 fully saturated rings. The molecule has 2 aliphatic rings. The maximum absolute atomic E-state index is 13.6. The van der Waals surface area contributed by atoms with Gasteiger partial charge in [-0.05, 0) is 45.1 Å². The molecule has 28 heavy (non-hydrogen) atoms. The second-order valence-electron chi connectivity index (χ2n) is 8.18. The topological polar surface area (TPSA) is 75.5 Å². The summed E-state index contributed by atoms with van der Waals surface area (Å²) in [7, 11) is 1.67. The number of nitrogens with zero attached hydrogens (tertiary/aromatic N) is 4. The predicted octanol–water partition coefficient (Wildman–Crippen LogP) is 2.31. The van der Waals surface area contributed by atoms with Crippen LogP contribution in [0.4, 0.5) is 0 Å². The number of fused-ring (bicyclic) bond motifs is 2. The van der Waals surface area contributed by atoms with Crippen molar-refractivity contribution in [3.63, 3.8) is 0 Å². The van der Waals surface area contributed by atoms with Gasteiger partial charge >= 0.3 is 0 Å². The number of rotatable bonds is 1. The number of carbonyl (C=O) groups excluding carboxylic acids is 2. The van der Waals surface area contributed by atoms with E-state index < -0.39 is 0 Å². The van der Waals surface area contributed by atoms with Crippen molar-refractivity contribution in [3.05, 3.63) is 27.1 Å². The van der Waals surface area contributed by atoms with Gasteiger partial charge in [-0.25, -0.2) is 4.98 Å². The third-order valence-corrected chi connectivity index (χ3v) is 7.69. The molecule has 0 N–H and O–H groups in total. The Morgan fingerprint density at radius 3 is 2.75 bits per heavy atom. The molecule has 2 atom stereocenters. The molecule has 0 unspecified atom stereocenters. The van der Waals surface area contributed by atoms with E-state index in [9.17, 15) is 14.4 Å². The van der Waals surface area contributed by atoms with Crippen LogP contribution in [0.15, 0.2) is 11.1 Å². The molecule has 0 saturated carbocycles. The van der Waals surface area contributed by atoms with Gasteiger partial charge in [0.15, 0.2) is 0 Å². The van der Waals surface area contributed by atoms with E-state index in [1.807, 2.05) is 16.7 Å². The summed E-state index contributed by atoms with van der Waals surface area (Å²) in [5.74, 6) is 0.0381. The lowest BCUT2D eigenvalue weighted by Crippen LogP contribution is -2.67. The van der Waals surface area contributed by atoms with Crippen LogP contribution in [0.25, 0.3) is 10.2 Å². The molecule has 8 heteroatoms. The minimum absolute atomic E-state index is 0.00630. The van der Waals surface area contributed by atoms with Gasteiger partial charge in [0.1, 0.15) is 4.83 Å². The Morgan fingerprint density at radius 2 is 2.04 bits per heavy atom. The van der Waals surface area contributed by atoms with Crippen molar-refractivity contribution in [2.75, 3.05) is 13.1 Å². The number of aryl methyl sites for hydroxylation is 2. The molecule has 7 nitrogen and oxygen atoms in total. The zero-order valence-corrected chi connectivity index (χ0v) is 17.6. The normalized spacial score (nSPS) is 25.1. The molecule has 0 aromatic carbocycles. The van der Waals surface area contributed by atoms with E-state index in [1.165, 1.54) is 22.2 Å². The first-order valence-corrected chi connectivity index (χ1v) is 10.6. The van der Waals surface area contributed by atoms with Crippen LogP contribution in [0.1, 0.15) is 54.8 Å². The Kier molecular flexibility index (Phi) is 4.56. The van der Waals surface area contributed by atoms with Crippen molar-refractivity contribution in [2.45, 2.75) is 58.0 Å². The largest absolute Gasteiger partial charge is 0.335 e. The van der Waals surface area contributed by atoms with E-state index in [0.717, 1.165) is 32.2 Å². The standard InChI is InChI=1S/C20H26N4O3S/c1-12-15-17(21-11-22(4)18(15)26)28-16(12)19(27)23-9-6-8-20(3)14(23)7-5-10-24(20)13(2)25/h11,14H,5-10H2,1-4H3/t14-,20-/m0/s1. The highest BCUT2D eigenvalue weighted by Gasteiger charge is 2.49. The number of aromatic nitrogens is 2. The Morgan fingerprint density at radius 1 is 1.29 bits per heavy atom. The van der Waals surface area contributed by atoms with E-state index in [2.05, 4.69) is 11.9 Å². The summed E-state index contributed by atoms with van der Waals surface area (Å²) in [5, 5.41) is 0.534. The van der Waals surface area contributed by atoms with Crippen LogP contribution in [0.3, 0.4) is 0 Å². The molecule has 4 rings (SSSR count). The maximum atomic E-state index is 13.6. The zero-order valence-electron chi connectivity index (χ0n) is 16.8. The van der Waals surface area contributed by atoms with Crippen molar-refractivity contribution < 1.29 is 9.59 Å². The highest BCUT2D eigenvalue weighted by Crippen LogP contribution is 2.40. The molecule has 0 spiro atoms. The van der Waals surface area contributed by atoms with Gasteiger partial charge in [-0.2, -0.15) is 0 Å². The monoisotopic (exact) mass is 402 g/mol. The van der Waals surface area contributed by atoms with Crippen molar-refractivity contribution in [2.24, 2.45) is 7.05 Å². The van der Waals surface area contributed by atoms with Crippen molar-refractivity contribution in [3.8, 4) is 0 Å². The summed E-state index contributed by atoms with van der Waals surface area (Å²) in [6.07, 6.45) is 5.08. The highest BCUT2D eigenvalue weighted by molar-refractivity contribution is 7.20. The lowest BCUT2D eigenvalue weighted by atomic mass is 9.76. The van der Waals surface area contributed by atoms with Gasteiger partial charge in [-0.1, -0.05) is 0 Å². The Balaban J connectivity index is 1.75. The average Bonchev–Trinajstić information content (AvgIpc) is 2.99. The van der Waals surface area contributed by atoms with E-state index in [-0.39, 0.29) is 29.0 Å². The summed E-state index contributed by atoms with van der Waals surface area (Å²) in [6.45, 7) is 7.01. The summed E-state index contributed by atoms with van der Waals surface area (Å²) in [5.41, 5.74) is 0.267. The summed E-state index contributed by atoms with van der Waals surface area (Å²) in [6, 6.07) is 0.00630. The molecule has 2 aliphatic heterocycles. The third-order valence-electron chi connectivity index (χ3n) is 6.50. The number of hydrogen-bond acceptors (Lipinski definition) is 5. The van der Waals surface area contributed by atoms with E-state index >= 15 is 0 Å². The van der Waals surface area contributed by atoms with Gasteiger partial charge in [-0.3, -0.25) is 14.4 Å². The molecular formula is C20H26N4O3S. The second-order valence-corrected chi connectivity index (χ2v) is 9.18. The Bertz CT molecular complexity index is 1030. The van der Waals surface area contributed by atoms with E-state index in [1.54, 1.807) is 14.0 Å². The van der Waals surface area contributed by atoms with Crippen LogP contribution in [0, 0.1) is 6.92 Å². The molecule has 150 valence electrons. The van der Waals surface area contributed by atoms with Crippen molar-refractivity contribution in [1.29, 1.82) is 0 Å². The van der Waals surface area contributed by atoms with Crippen molar-refractivity contribution in [1.82, 2.24) is 19.4 Å². The van der Waals surface area contributed by atoms with E-state index in [0.29, 0.717) is 27.2 Å². The fourth-order valence-electron chi connectivity index (χ4n) is 5.05. The first-order valence-electron chi connectivity index (χ1n) is 9.79. The van der Waals surface area contributed by atoms with Crippen LogP contribution >= 0.6 is 11.3 Å². The molecule has 0 bridgehead atoms. The van der Waals surface area contributed by atoms with Gasteiger partial charge in [0.2, 0.25) is 5.91 Å². The fourth-order valence-corrected chi connectivity index (χ4v) is 6.14. The molecule has 2 aromatic rings. The number of likely N-dealkylation sites (tertiary alicyclic amines) is 2. The minimum atomic E-state index is -0.322. The molecule has 0 aliphatic carbocycles. The minimum Gasteiger partial charge on any atom is -0.335 e. The summed E-state index contributed by atoms with van der Waals surface area (Å²) in [4.78, 5) is 47.7. The zero-order chi connectivity index (χ0) is 20.2. The molecule has 2 saturated heterocycles. The van der Waals surface area contributed by atoms with Crippen LogP contribution in [0.5, 0.6) is 0 Å². The summed E-state index contributed by atoms with van der Waals surface area (Å²) < 4.78 is 1.44.